The van der Waals surface area contributed by atoms with Gasteiger partial charge >= 0.3 is 0 Å². The highest BCUT2D eigenvalue weighted by Crippen LogP contribution is 2.26. The van der Waals surface area contributed by atoms with Crippen molar-refractivity contribution in [1.82, 2.24) is 4.98 Å². The fourth-order valence-corrected chi connectivity index (χ4v) is 1.50. The molecular weight excluding hydrogens is 228 g/mol. The van der Waals surface area contributed by atoms with Gasteiger partial charge in [-0.25, -0.2) is 0 Å². The molecular formula is C11H9ClN2O2. The van der Waals surface area contributed by atoms with Gasteiger partial charge in [-0.3, -0.25) is 4.79 Å². The van der Waals surface area contributed by atoms with E-state index in [1.165, 1.54) is 6.92 Å². The van der Waals surface area contributed by atoms with Crippen LogP contribution >= 0.6 is 11.6 Å². The summed E-state index contributed by atoms with van der Waals surface area (Å²) < 4.78 is 5.04. The van der Waals surface area contributed by atoms with Crippen LogP contribution in [-0.2, 0) is 0 Å². The zero-order chi connectivity index (χ0) is 11.7. The van der Waals surface area contributed by atoms with Crippen LogP contribution in [0.25, 0.3) is 11.3 Å². The molecule has 1 aromatic heterocycles. The minimum Gasteiger partial charge on any atom is -0.420 e. The molecule has 0 atom stereocenters. The maximum absolute atomic E-state index is 11.3. The summed E-state index contributed by atoms with van der Waals surface area (Å²) >= 11 is 5.77. The third-order valence-corrected chi connectivity index (χ3v) is 2.33. The zero-order valence-electron chi connectivity index (χ0n) is 8.53. The van der Waals surface area contributed by atoms with E-state index in [2.05, 4.69) is 4.98 Å². The molecule has 0 aliphatic rings. The molecule has 0 aliphatic heterocycles. The van der Waals surface area contributed by atoms with Gasteiger partial charge in [-0.15, -0.1) is 0 Å². The number of hydrogen-bond acceptors (Lipinski definition) is 4. The number of oxazole rings is 1. The number of ketones is 1. The molecule has 0 spiro atoms. The molecule has 5 heteroatoms. The van der Waals surface area contributed by atoms with E-state index in [1.807, 2.05) is 0 Å². The SMILES string of the molecule is CC(=O)c1oc(N)nc1-c1ccc(Cl)cc1. The standard InChI is InChI=1S/C11H9ClN2O2/c1-6(15)10-9(14-11(13)16-10)7-2-4-8(12)5-3-7/h2-5H,1H3,(H2,13,14). The van der Waals surface area contributed by atoms with E-state index >= 15 is 0 Å². The minimum absolute atomic E-state index is 0.0184. The molecule has 0 amide bonds. The first-order valence-corrected chi connectivity index (χ1v) is 4.99. The van der Waals surface area contributed by atoms with Gasteiger partial charge in [0.15, 0.2) is 11.5 Å². The lowest BCUT2D eigenvalue weighted by Crippen LogP contribution is -1.92. The van der Waals surface area contributed by atoms with E-state index in [4.69, 9.17) is 21.8 Å². The summed E-state index contributed by atoms with van der Waals surface area (Å²) in [5, 5.41) is 0.615. The Hall–Kier alpha value is -1.81. The maximum atomic E-state index is 11.3. The number of nitrogens with zero attached hydrogens (tertiary/aromatic N) is 1. The Labute approximate surface area is 97.0 Å². The highest BCUT2D eigenvalue weighted by Gasteiger charge is 2.17. The number of rotatable bonds is 2. The van der Waals surface area contributed by atoms with Crippen LogP contribution < -0.4 is 5.73 Å². The van der Waals surface area contributed by atoms with E-state index in [0.29, 0.717) is 10.7 Å². The normalized spacial score (nSPS) is 10.4. The summed E-state index contributed by atoms with van der Waals surface area (Å²) in [6, 6.07) is 6.92. The van der Waals surface area contributed by atoms with E-state index in [1.54, 1.807) is 24.3 Å². The Balaban J connectivity index is 2.55. The van der Waals surface area contributed by atoms with Gasteiger partial charge in [0.25, 0.3) is 6.01 Å². The molecule has 0 fully saturated rings. The molecule has 2 N–H and O–H groups in total. The average Bonchev–Trinajstić information content (AvgIpc) is 2.61. The number of carbonyl (C=O) groups is 1. The third-order valence-electron chi connectivity index (χ3n) is 2.08. The summed E-state index contributed by atoms with van der Waals surface area (Å²) in [4.78, 5) is 15.3. The molecule has 4 nitrogen and oxygen atoms in total. The number of Topliss-reactive ketones (excluding diaryl/α,β-unsaturated/α-hetero) is 1. The number of halogens is 1. The van der Waals surface area contributed by atoms with Crippen LogP contribution in [0.15, 0.2) is 28.7 Å². The molecule has 2 rings (SSSR count). The Bertz CT molecular complexity index is 531. The lowest BCUT2D eigenvalue weighted by Gasteiger charge is -1.97. The quantitative estimate of drug-likeness (QED) is 0.814. The molecule has 0 unspecified atom stereocenters. The number of hydrogen-bond donors (Lipinski definition) is 1. The molecule has 0 saturated heterocycles. The number of aromatic nitrogens is 1. The molecule has 1 aromatic carbocycles. The summed E-state index contributed by atoms with van der Waals surface area (Å²) in [5.41, 5.74) is 6.62. The van der Waals surface area contributed by atoms with Gasteiger partial charge in [-0.05, 0) is 12.1 Å². The van der Waals surface area contributed by atoms with Gasteiger partial charge < -0.3 is 10.2 Å². The van der Waals surface area contributed by atoms with Crippen molar-refractivity contribution in [1.29, 1.82) is 0 Å². The van der Waals surface area contributed by atoms with Gasteiger partial charge in [0.2, 0.25) is 0 Å². The lowest BCUT2D eigenvalue weighted by atomic mass is 10.1. The number of nitrogen functional groups attached to an aromatic ring is 1. The molecule has 2 aromatic rings. The largest absolute Gasteiger partial charge is 0.420 e. The fraction of sp³-hybridized carbons (Fsp3) is 0.0909. The monoisotopic (exact) mass is 236 g/mol. The summed E-state index contributed by atoms with van der Waals surface area (Å²) in [5.74, 6) is -0.0472. The zero-order valence-corrected chi connectivity index (χ0v) is 9.28. The molecule has 0 aliphatic carbocycles. The second kappa shape index (κ2) is 3.98. The van der Waals surface area contributed by atoms with E-state index in [0.717, 1.165) is 5.56 Å². The van der Waals surface area contributed by atoms with Crippen molar-refractivity contribution >= 4 is 23.4 Å². The number of benzene rings is 1. The fourth-order valence-electron chi connectivity index (χ4n) is 1.38. The molecule has 0 saturated carbocycles. The van der Waals surface area contributed by atoms with Crippen molar-refractivity contribution in [2.75, 3.05) is 5.73 Å². The highest BCUT2D eigenvalue weighted by molar-refractivity contribution is 6.30. The second-order valence-electron chi connectivity index (χ2n) is 3.29. The van der Waals surface area contributed by atoms with Crippen LogP contribution in [0.1, 0.15) is 17.5 Å². The Morgan fingerprint density at radius 3 is 2.56 bits per heavy atom. The predicted octanol–water partition coefficient (Wildman–Crippen LogP) is 2.78. The van der Waals surface area contributed by atoms with Crippen LogP contribution in [-0.4, -0.2) is 10.8 Å². The summed E-state index contributed by atoms with van der Waals surface area (Å²) in [6.45, 7) is 1.40. The Morgan fingerprint density at radius 1 is 1.38 bits per heavy atom. The van der Waals surface area contributed by atoms with Crippen molar-refractivity contribution in [3.8, 4) is 11.3 Å². The Kier molecular flexibility index (Phi) is 2.66. The van der Waals surface area contributed by atoms with Crippen LogP contribution in [0.3, 0.4) is 0 Å². The third kappa shape index (κ3) is 1.92. The highest BCUT2D eigenvalue weighted by atomic mass is 35.5. The average molecular weight is 237 g/mol. The first-order chi connectivity index (χ1) is 7.58. The van der Waals surface area contributed by atoms with E-state index in [-0.39, 0.29) is 17.6 Å². The van der Waals surface area contributed by atoms with Crippen LogP contribution in [0, 0.1) is 0 Å². The first-order valence-electron chi connectivity index (χ1n) is 4.61. The van der Waals surface area contributed by atoms with Crippen molar-refractivity contribution in [2.45, 2.75) is 6.92 Å². The van der Waals surface area contributed by atoms with Crippen LogP contribution in [0.5, 0.6) is 0 Å². The summed E-state index contributed by atoms with van der Waals surface area (Å²) in [6.07, 6.45) is 0. The minimum atomic E-state index is -0.214. The van der Waals surface area contributed by atoms with Crippen molar-refractivity contribution in [3.63, 3.8) is 0 Å². The second-order valence-corrected chi connectivity index (χ2v) is 3.73. The maximum Gasteiger partial charge on any atom is 0.293 e. The smallest absolute Gasteiger partial charge is 0.293 e. The van der Waals surface area contributed by atoms with E-state index < -0.39 is 0 Å². The van der Waals surface area contributed by atoms with Crippen LogP contribution in [0.2, 0.25) is 5.02 Å². The van der Waals surface area contributed by atoms with Gasteiger partial charge in [-0.1, -0.05) is 23.7 Å². The van der Waals surface area contributed by atoms with E-state index in [9.17, 15) is 4.79 Å². The molecule has 1 heterocycles. The van der Waals surface area contributed by atoms with Crippen molar-refractivity contribution < 1.29 is 9.21 Å². The van der Waals surface area contributed by atoms with Gasteiger partial charge in [-0.2, -0.15) is 4.98 Å². The molecule has 82 valence electrons. The van der Waals surface area contributed by atoms with Crippen LogP contribution in [0.4, 0.5) is 6.01 Å². The molecule has 16 heavy (non-hydrogen) atoms. The van der Waals surface area contributed by atoms with Gasteiger partial charge in [0.05, 0.1) is 0 Å². The lowest BCUT2D eigenvalue weighted by molar-refractivity contribution is 0.0989. The number of anilines is 1. The number of carbonyl (C=O) groups excluding carboxylic acids is 1. The van der Waals surface area contributed by atoms with Gasteiger partial charge in [0, 0.05) is 17.5 Å². The molecule has 0 radical (unpaired) electrons. The summed E-state index contributed by atoms with van der Waals surface area (Å²) in [7, 11) is 0. The first kappa shape index (κ1) is 10.7. The van der Waals surface area contributed by atoms with Gasteiger partial charge in [0.1, 0.15) is 5.69 Å². The predicted molar refractivity (Wildman–Crippen MR) is 61.4 cm³/mol. The van der Waals surface area contributed by atoms with Crippen molar-refractivity contribution in [2.24, 2.45) is 0 Å². The molecule has 0 bridgehead atoms. The number of nitrogens with two attached hydrogens (primary N) is 1. The van der Waals surface area contributed by atoms with Crippen molar-refractivity contribution in [3.05, 3.63) is 35.0 Å². The topological polar surface area (TPSA) is 69.1 Å². The Morgan fingerprint density at radius 2 is 2.00 bits per heavy atom.